The first-order valence-electron chi connectivity index (χ1n) is 7.34. The van der Waals surface area contributed by atoms with Gasteiger partial charge in [-0.1, -0.05) is 37.0 Å². The number of anilines is 1. The molecule has 0 unspecified atom stereocenters. The van der Waals surface area contributed by atoms with Crippen LogP contribution >= 0.6 is 23.2 Å². The van der Waals surface area contributed by atoms with Gasteiger partial charge in [-0.05, 0) is 31.3 Å². The molecule has 1 amide bonds. The number of hydrogen-bond acceptors (Lipinski definition) is 4. The van der Waals surface area contributed by atoms with Gasteiger partial charge in [0.2, 0.25) is 0 Å². The Kier molecular flexibility index (Phi) is 8.49. The van der Waals surface area contributed by atoms with Crippen LogP contribution in [0.15, 0.2) is 30.0 Å². The summed E-state index contributed by atoms with van der Waals surface area (Å²) in [5.41, 5.74) is 0.342. The number of carbonyl (C=O) groups excluding carboxylic acids is 1. The third-order valence-electron chi connectivity index (χ3n) is 3.25. The van der Waals surface area contributed by atoms with Gasteiger partial charge in [0.1, 0.15) is 11.6 Å². The number of hydrogen-bond donors (Lipinski definition) is 2. The van der Waals surface area contributed by atoms with E-state index in [0.717, 1.165) is 19.6 Å². The number of amides is 1. The van der Waals surface area contributed by atoms with Gasteiger partial charge in [0.25, 0.3) is 5.91 Å². The summed E-state index contributed by atoms with van der Waals surface area (Å²) in [5, 5.41) is 15.5. The molecule has 1 aromatic carbocycles. The molecule has 1 aromatic rings. The number of benzene rings is 1. The highest BCUT2D eigenvalue weighted by Gasteiger charge is 2.11. The molecule has 0 heterocycles. The Morgan fingerprint density at radius 2 is 2.04 bits per heavy atom. The van der Waals surface area contributed by atoms with Crippen LogP contribution in [0.2, 0.25) is 10.0 Å². The number of halogens is 2. The third-order valence-corrected chi connectivity index (χ3v) is 3.82. The van der Waals surface area contributed by atoms with Gasteiger partial charge in [-0.2, -0.15) is 5.26 Å². The molecule has 5 nitrogen and oxygen atoms in total. The van der Waals surface area contributed by atoms with Crippen molar-refractivity contribution in [1.82, 2.24) is 10.2 Å². The summed E-state index contributed by atoms with van der Waals surface area (Å²) in [6.07, 6.45) is 1.41. The van der Waals surface area contributed by atoms with E-state index in [1.807, 2.05) is 6.07 Å². The first-order valence-corrected chi connectivity index (χ1v) is 8.09. The van der Waals surface area contributed by atoms with Crippen molar-refractivity contribution in [3.8, 4) is 6.07 Å². The quantitative estimate of drug-likeness (QED) is 0.427. The standard InChI is InChI=1S/C16H20Cl2N4O/c1-3-22(4-2)8-7-20-11-12(10-19)16(23)21-15-9-13(17)5-6-14(15)18/h5-6,9,11,20H,3-4,7-8H2,1-2H3,(H,21,23)/b12-11-. The number of likely N-dealkylation sites (N-methyl/N-ethyl adjacent to an activating group) is 1. The number of carbonyl (C=O) groups is 1. The van der Waals surface area contributed by atoms with Gasteiger partial charge in [-0.15, -0.1) is 0 Å². The van der Waals surface area contributed by atoms with E-state index in [1.54, 1.807) is 12.1 Å². The Hall–Kier alpha value is -1.74. The molecular weight excluding hydrogens is 335 g/mol. The zero-order chi connectivity index (χ0) is 17.2. The van der Waals surface area contributed by atoms with Crippen LogP contribution in [-0.2, 0) is 4.79 Å². The van der Waals surface area contributed by atoms with Crippen molar-refractivity contribution < 1.29 is 4.79 Å². The SMILES string of the molecule is CCN(CC)CCN/C=C(/C#N)C(=O)Nc1cc(Cl)ccc1Cl. The lowest BCUT2D eigenvalue weighted by Crippen LogP contribution is -2.30. The molecule has 23 heavy (non-hydrogen) atoms. The van der Waals surface area contributed by atoms with Crippen molar-refractivity contribution in [2.45, 2.75) is 13.8 Å². The number of rotatable bonds is 8. The van der Waals surface area contributed by atoms with E-state index < -0.39 is 5.91 Å². The normalized spacial score (nSPS) is 11.2. The highest BCUT2D eigenvalue weighted by atomic mass is 35.5. The van der Waals surface area contributed by atoms with Crippen molar-refractivity contribution in [3.05, 3.63) is 40.0 Å². The second-order valence-corrected chi connectivity index (χ2v) is 5.57. The monoisotopic (exact) mass is 354 g/mol. The number of nitrogens with zero attached hydrogens (tertiary/aromatic N) is 2. The fraction of sp³-hybridized carbons (Fsp3) is 0.375. The fourth-order valence-corrected chi connectivity index (χ4v) is 2.21. The molecule has 1 rings (SSSR count). The van der Waals surface area contributed by atoms with Crippen molar-refractivity contribution in [1.29, 1.82) is 5.26 Å². The molecule has 0 bridgehead atoms. The zero-order valence-electron chi connectivity index (χ0n) is 13.2. The van der Waals surface area contributed by atoms with Gasteiger partial charge in [-0.25, -0.2) is 0 Å². The molecule has 0 saturated carbocycles. The molecule has 2 N–H and O–H groups in total. The van der Waals surface area contributed by atoms with Crippen LogP contribution in [0.25, 0.3) is 0 Å². The van der Waals surface area contributed by atoms with E-state index in [0.29, 0.717) is 22.3 Å². The van der Waals surface area contributed by atoms with Gasteiger partial charge >= 0.3 is 0 Å². The lowest BCUT2D eigenvalue weighted by molar-refractivity contribution is -0.112. The number of nitriles is 1. The maximum Gasteiger partial charge on any atom is 0.267 e. The van der Waals surface area contributed by atoms with E-state index in [2.05, 4.69) is 29.4 Å². The van der Waals surface area contributed by atoms with Gasteiger partial charge < -0.3 is 15.5 Å². The Bertz CT molecular complexity index is 607. The van der Waals surface area contributed by atoms with Crippen LogP contribution in [0.3, 0.4) is 0 Å². The average molecular weight is 355 g/mol. The molecule has 0 saturated heterocycles. The van der Waals surface area contributed by atoms with Crippen LogP contribution in [0, 0.1) is 11.3 Å². The highest BCUT2D eigenvalue weighted by molar-refractivity contribution is 6.35. The van der Waals surface area contributed by atoms with Gasteiger partial charge in [0.05, 0.1) is 10.7 Å². The van der Waals surface area contributed by atoms with E-state index in [9.17, 15) is 4.79 Å². The fourth-order valence-electron chi connectivity index (χ4n) is 1.87. The minimum Gasteiger partial charge on any atom is -0.388 e. The average Bonchev–Trinajstić information content (AvgIpc) is 2.54. The summed E-state index contributed by atoms with van der Waals surface area (Å²) in [4.78, 5) is 14.3. The molecule has 0 atom stereocenters. The molecule has 124 valence electrons. The minimum atomic E-state index is -0.535. The maximum atomic E-state index is 12.1. The predicted octanol–water partition coefficient (Wildman–Crippen LogP) is 3.27. The highest BCUT2D eigenvalue weighted by Crippen LogP contribution is 2.25. The van der Waals surface area contributed by atoms with Crippen LogP contribution in [0.1, 0.15) is 13.8 Å². The molecule has 0 aromatic heterocycles. The lowest BCUT2D eigenvalue weighted by atomic mass is 10.2. The lowest BCUT2D eigenvalue weighted by Gasteiger charge is -2.17. The van der Waals surface area contributed by atoms with Crippen molar-refractivity contribution in [2.24, 2.45) is 0 Å². The Morgan fingerprint density at radius 1 is 1.35 bits per heavy atom. The summed E-state index contributed by atoms with van der Waals surface area (Å²) in [5.74, 6) is -0.535. The van der Waals surface area contributed by atoms with Crippen LogP contribution in [-0.4, -0.2) is 37.0 Å². The number of nitrogens with one attached hydrogen (secondary N) is 2. The van der Waals surface area contributed by atoms with Crippen LogP contribution < -0.4 is 10.6 Å². The molecule has 0 fully saturated rings. The Balaban J connectivity index is 2.63. The van der Waals surface area contributed by atoms with Crippen molar-refractivity contribution in [3.63, 3.8) is 0 Å². The van der Waals surface area contributed by atoms with Crippen molar-refractivity contribution >= 4 is 34.8 Å². The van der Waals surface area contributed by atoms with Crippen LogP contribution in [0.5, 0.6) is 0 Å². The Labute approximate surface area is 146 Å². The van der Waals surface area contributed by atoms with Gasteiger partial charge in [0, 0.05) is 24.3 Å². The van der Waals surface area contributed by atoms with Crippen molar-refractivity contribution in [2.75, 3.05) is 31.5 Å². The van der Waals surface area contributed by atoms with Crippen LogP contribution in [0.4, 0.5) is 5.69 Å². The minimum absolute atomic E-state index is 0.0272. The van der Waals surface area contributed by atoms with E-state index in [-0.39, 0.29) is 5.57 Å². The predicted molar refractivity (Wildman–Crippen MR) is 94.6 cm³/mol. The smallest absolute Gasteiger partial charge is 0.267 e. The molecule has 0 spiro atoms. The molecular formula is C16H20Cl2N4O. The molecule has 0 aliphatic carbocycles. The van der Waals surface area contributed by atoms with Gasteiger partial charge in [0.15, 0.2) is 0 Å². The van der Waals surface area contributed by atoms with Gasteiger partial charge in [-0.3, -0.25) is 4.79 Å². The molecule has 7 heteroatoms. The summed E-state index contributed by atoms with van der Waals surface area (Å²) < 4.78 is 0. The Morgan fingerprint density at radius 3 is 2.65 bits per heavy atom. The first-order chi connectivity index (χ1) is 11.0. The molecule has 0 radical (unpaired) electrons. The zero-order valence-corrected chi connectivity index (χ0v) is 14.7. The summed E-state index contributed by atoms with van der Waals surface area (Å²) in [6, 6.07) is 6.60. The second kappa shape index (κ2) is 10.1. The summed E-state index contributed by atoms with van der Waals surface area (Å²) in [7, 11) is 0. The molecule has 0 aliphatic heterocycles. The topological polar surface area (TPSA) is 68.2 Å². The first kappa shape index (κ1) is 19.3. The molecule has 0 aliphatic rings. The third kappa shape index (κ3) is 6.49. The summed E-state index contributed by atoms with van der Waals surface area (Å²) in [6.45, 7) is 7.58. The summed E-state index contributed by atoms with van der Waals surface area (Å²) >= 11 is 11.9. The largest absolute Gasteiger partial charge is 0.388 e. The van der Waals surface area contributed by atoms with E-state index in [1.165, 1.54) is 12.3 Å². The maximum absolute atomic E-state index is 12.1. The van der Waals surface area contributed by atoms with E-state index in [4.69, 9.17) is 28.5 Å². The van der Waals surface area contributed by atoms with E-state index >= 15 is 0 Å². The second-order valence-electron chi connectivity index (χ2n) is 4.73.